The molecule has 1 aliphatic rings. The minimum atomic E-state index is -1.02. The van der Waals surface area contributed by atoms with Crippen LogP contribution in [0.25, 0.3) is 0 Å². The van der Waals surface area contributed by atoms with Gasteiger partial charge in [0.25, 0.3) is 0 Å². The first-order valence-corrected chi connectivity index (χ1v) is 9.38. The number of carboxylic acids is 1. The molecule has 0 heterocycles. The number of halogens is 1. The van der Waals surface area contributed by atoms with Crippen LogP contribution in [0.5, 0.6) is 0 Å². The Kier molecular flexibility index (Phi) is 4.88. The number of anilines is 2. The number of carbonyl (C=O) groups is 2. The molecule has 4 rings (SSSR count). The molecule has 1 aliphatic carbocycles. The summed E-state index contributed by atoms with van der Waals surface area (Å²) < 4.78 is 0. The largest absolute Gasteiger partial charge is 0.478 e. The van der Waals surface area contributed by atoms with Crippen molar-refractivity contribution < 1.29 is 14.7 Å². The second kappa shape index (κ2) is 7.49. The van der Waals surface area contributed by atoms with Crippen LogP contribution in [0.1, 0.15) is 39.7 Å². The maximum absolute atomic E-state index is 11.9. The summed E-state index contributed by atoms with van der Waals surface area (Å²) >= 11 is 5.99. The molecule has 3 aromatic rings. The van der Waals surface area contributed by atoms with Crippen molar-refractivity contribution in [1.82, 2.24) is 0 Å². The molecule has 0 aromatic heterocycles. The van der Waals surface area contributed by atoms with Gasteiger partial charge in [0.15, 0.2) is 0 Å². The van der Waals surface area contributed by atoms with Crippen LogP contribution in [0.4, 0.5) is 11.4 Å². The Balaban J connectivity index is 1.67. The highest BCUT2D eigenvalue weighted by molar-refractivity contribution is 6.30. The Labute approximate surface area is 168 Å². The fourth-order valence-electron chi connectivity index (χ4n) is 3.68. The molecule has 0 radical (unpaired) electrons. The molecule has 2 unspecified atom stereocenters. The summed E-state index contributed by atoms with van der Waals surface area (Å²) in [7, 11) is 0. The van der Waals surface area contributed by atoms with Crippen molar-refractivity contribution >= 4 is 35.4 Å². The number of aromatic carboxylic acids is 1. The van der Waals surface area contributed by atoms with Crippen LogP contribution in [-0.4, -0.2) is 17.5 Å². The van der Waals surface area contributed by atoms with E-state index in [2.05, 4.69) is 0 Å². The van der Waals surface area contributed by atoms with Crippen molar-refractivity contribution in [2.75, 3.05) is 4.90 Å². The van der Waals surface area contributed by atoms with Crippen molar-refractivity contribution in [2.45, 2.75) is 18.3 Å². The molecule has 1 fully saturated rings. The third-order valence-corrected chi connectivity index (χ3v) is 5.41. The van der Waals surface area contributed by atoms with Gasteiger partial charge in [-0.3, -0.25) is 9.69 Å². The van der Waals surface area contributed by atoms with Gasteiger partial charge < -0.3 is 5.11 Å². The number of nitrogens with zero attached hydrogens (tertiary/aromatic N) is 1. The quantitative estimate of drug-likeness (QED) is 0.556. The highest BCUT2D eigenvalue weighted by Gasteiger charge is 2.41. The molecule has 140 valence electrons. The monoisotopic (exact) mass is 391 g/mol. The summed E-state index contributed by atoms with van der Waals surface area (Å²) in [4.78, 5) is 24.7. The zero-order valence-corrected chi connectivity index (χ0v) is 15.7. The van der Waals surface area contributed by atoms with E-state index in [0.29, 0.717) is 22.5 Å². The standard InChI is InChI=1S/C23H18ClNO3/c24-17-10-8-15(9-11-17)20-13-21(20)19-6-1-2-7-22(19)25(14-26)18-5-3-4-16(12-18)23(27)28/h1-12,14,20-21H,13H2,(H,27,28). The lowest BCUT2D eigenvalue weighted by molar-refractivity contribution is -0.106. The average molecular weight is 392 g/mol. The van der Waals surface area contributed by atoms with Gasteiger partial charge >= 0.3 is 5.97 Å². The Morgan fingerprint density at radius 2 is 1.75 bits per heavy atom. The van der Waals surface area contributed by atoms with Crippen molar-refractivity contribution in [3.05, 3.63) is 94.5 Å². The first kappa shape index (κ1) is 18.3. The summed E-state index contributed by atoms with van der Waals surface area (Å²) in [6.45, 7) is 0. The van der Waals surface area contributed by atoms with E-state index in [1.165, 1.54) is 22.6 Å². The smallest absolute Gasteiger partial charge is 0.335 e. The molecule has 0 spiro atoms. The molecule has 2 atom stereocenters. The van der Waals surface area contributed by atoms with Gasteiger partial charge in [0, 0.05) is 10.7 Å². The van der Waals surface area contributed by atoms with E-state index in [-0.39, 0.29) is 5.56 Å². The molecule has 1 N–H and O–H groups in total. The SMILES string of the molecule is O=CN(c1cccc(C(=O)O)c1)c1ccccc1C1CC1c1ccc(Cl)cc1. The fraction of sp³-hybridized carbons (Fsp3) is 0.130. The van der Waals surface area contributed by atoms with E-state index in [1.54, 1.807) is 12.1 Å². The lowest BCUT2D eigenvalue weighted by Crippen LogP contribution is -2.16. The minimum Gasteiger partial charge on any atom is -0.478 e. The van der Waals surface area contributed by atoms with E-state index >= 15 is 0 Å². The van der Waals surface area contributed by atoms with Gasteiger partial charge in [-0.15, -0.1) is 0 Å². The summed E-state index contributed by atoms with van der Waals surface area (Å²) in [5.74, 6) is -0.328. The van der Waals surface area contributed by atoms with Crippen LogP contribution in [0.15, 0.2) is 72.8 Å². The van der Waals surface area contributed by atoms with Crippen molar-refractivity contribution in [2.24, 2.45) is 0 Å². The van der Waals surface area contributed by atoms with E-state index in [4.69, 9.17) is 11.6 Å². The average Bonchev–Trinajstić information content (AvgIpc) is 3.50. The first-order chi connectivity index (χ1) is 13.6. The fourth-order valence-corrected chi connectivity index (χ4v) is 3.81. The van der Waals surface area contributed by atoms with Gasteiger partial charge in [0.1, 0.15) is 0 Å². The minimum absolute atomic E-state index is 0.146. The lowest BCUT2D eigenvalue weighted by atomic mass is 10.0. The zero-order chi connectivity index (χ0) is 19.7. The second-order valence-electron chi connectivity index (χ2n) is 6.89. The molecular weight excluding hydrogens is 374 g/mol. The van der Waals surface area contributed by atoms with Gasteiger partial charge in [-0.05, 0) is 65.8 Å². The molecule has 3 aromatic carbocycles. The zero-order valence-electron chi connectivity index (χ0n) is 15.0. The van der Waals surface area contributed by atoms with Gasteiger partial charge in [-0.1, -0.05) is 48.0 Å². The third-order valence-electron chi connectivity index (χ3n) is 5.16. The summed E-state index contributed by atoms with van der Waals surface area (Å²) in [6, 6.07) is 22.1. The van der Waals surface area contributed by atoms with Crippen LogP contribution in [0, 0.1) is 0 Å². The van der Waals surface area contributed by atoms with Gasteiger partial charge in [0.05, 0.1) is 11.3 Å². The second-order valence-corrected chi connectivity index (χ2v) is 7.33. The molecular formula is C23H18ClNO3. The van der Waals surface area contributed by atoms with Gasteiger partial charge in [-0.2, -0.15) is 0 Å². The highest BCUT2D eigenvalue weighted by Crippen LogP contribution is 2.57. The summed E-state index contributed by atoms with van der Waals surface area (Å²) in [6.07, 6.45) is 1.74. The van der Waals surface area contributed by atoms with Crippen LogP contribution >= 0.6 is 11.6 Å². The number of benzene rings is 3. The number of amides is 1. The molecule has 1 saturated carbocycles. The number of carboxylic acid groups (broad SMARTS) is 1. The van der Waals surface area contributed by atoms with Crippen molar-refractivity contribution in [3.63, 3.8) is 0 Å². The molecule has 0 saturated heterocycles. The van der Waals surface area contributed by atoms with Crippen LogP contribution in [0.3, 0.4) is 0 Å². The number of para-hydroxylation sites is 1. The van der Waals surface area contributed by atoms with Crippen molar-refractivity contribution in [1.29, 1.82) is 0 Å². The topological polar surface area (TPSA) is 57.6 Å². The Bertz CT molecular complexity index is 1030. The Hall–Kier alpha value is -3.11. The maximum atomic E-state index is 11.9. The van der Waals surface area contributed by atoms with E-state index in [9.17, 15) is 14.7 Å². The Morgan fingerprint density at radius 1 is 1.00 bits per heavy atom. The normalized spacial score (nSPS) is 17.8. The van der Waals surface area contributed by atoms with Crippen LogP contribution < -0.4 is 4.90 Å². The lowest BCUT2D eigenvalue weighted by Gasteiger charge is -2.21. The van der Waals surface area contributed by atoms with Crippen LogP contribution in [0.2, 0.25) is 5.02 Å². The number of hydrogen-bond acceptors (Lipinski definition) is 2. The molecule has 0 bridgehead atoms. The molecule has 0 aliphatic heterocycles. The third kappa shape index (κ3) is 3.51. The Morgan fingerprint density at radius 3 is 2.46 bits per heavy atom. The van der Waals surface area contributed by atoms with Crippen LogP contribution in [-0.2, 0) is 4.79 Å². The molecule has 5 heteroatoms. The highest BCUT2D eigenvalue weighted by atomic mass is 35.5. The predicted molar refractivity (Wildman–Crippen MR) is 110 cm³/mol. The maximum Gasteiger partial charge on any atom is 0.335 e. The molecule has 1 amide bonds. The van der Waals surface area contributed by atoms with Gasteiger partial charge in [0.2, 0.25) is 6.41 Å². The number of hydrogen-bond donors (Lipinski definition) is 1. The number of carbonyl (C=O) groups excluding carboxylic acids is 1. The first-order valence-electron chi connectivity index (χ1n) is 9.01. The van der Waals surface area contributed by atoms with E-state index < -0.39 is 5.97 Å². The van der Waals surface area contributed by atoms with E-state index in [1.807, 2.05) is 48.5 Å². The molecule has 28 heavy (non-hydrogen) atoms. The van der Waals surface area contributed by atoms with E-state index in [0.717, 1.165) is 24.1 Å². The summed E-state index contributed by atoms with van der Waals surface area (Å²) in [5.41, 5.74) is 3.77. The van der Waals surface area contributed by atoms with Gasteiger partial charge in [-0.25, -0.2) is 4.79 Å². The summed E-state index contributed by atoms with van der Waals surface area (Å²) in [5, 5.41) is 9.97. The van der Waals surface area contributed by atoms with Crippen molar-refractivity contribution in [3.8, 4) is 0 Å². The molecule has 4 nitrogen and oxygen atoms in total. The number of rotatable bonds is 6. The predicted octanol–water partition coefficient (Wildman–Crippen LogP) is 5.60.